The van der Waals surface area contributed by atoms with Crippen LogP contribution in [-0.4, -0.2) is 96.4 Å². The van der Waals surface area contributed by atoms with Crippen LogP contribution in [0.25, 0.3) is 0 Å². The monoisotopic (exact) mass is 499 g/mol. The smallest absolute Gasteiger partial charge is 0.335 e. The molecule has 0 fully saturated rings. The van der Waals surface area contributed by atoms with E-state index < -0.39 is 45.3 Å². The number of carboxylic acid groups (broad SMARTS) is 2. The minimum Gasteiger partial charge on any atom is -0.478 e. The molecule has 1 aromatic carbocycles. The van der Waals surface area contributed by atoms with Gasteiger partial charge < -0.3 is 25.2 Å². The van der Waals surface area contributed by atoms with Crippen LogP contribution in [0.4, 0.5) is 0 Å². The lowest BCUT2D eigenvalue weighted by atomic mass is 10.1. The lowest BCUT2D eigenvalue weighted by Gasteiger charge is -2.20. The van der Waals surface area contributed by atoms with E-state index in [1.807, 2.05) is 0 Å². The summed E-state index contributed by atoms with van der Waals surface area (Å²) < 4.78 is 34.8. The highest BCUT2D eigenvalue weighted by atomic mass is 32.2. The average Bonchev–Trinajstić information content (AvgIpc) is 2.76. The molecular formula is C20H36O10PS+. The van der Waals surface area contributed by atoms with E-state index in [9.17, 15) is 18.0 Å². The third-order valence-corrected chi connectivity index (χ3v) is 11.1. The van der Waals surface area contributed by atoms with Gasteiger partial charge in [-0.2, -0.15) is 8.42 Å². The molecule has 0 spiro atoms. The van der Waals surface area contributed by atoms with E-state index in [0.29, 0.717) is 25.3 Å². The van der Waals surface area contributed by atoms with Gasteiger partial charge in [-0.05, 0) is 45.9 Å². The van der Waals surface area contributed by atoms with Crippen molar-refractivity contribution in [3.63, 3.8) is 0 Å². The lowest BCUT2D eigenvalue weighted by molar-refractivity contribution is 0.0650. The lowest BCUT2D eigenvalue weighted by Crippen LogP contribution is -2.07. The summed E-state index contributed by atoms with van der Waals surface area (Å²) in [7, 11) is -5.06. The van der Waals surface area contributed by atoms with Gasteiger partial charge in [-0.25, -0.2) is 9.59 Å². The van der Waals surface area contributed by atoms with Gasteiger partial charge in [0.1, 0.15) is 0 Å². The summed E-state index contributed by atoms with van der Waals surface area (Å²) in [5, 5.41) is 33.4. The minimum absolute atomic E-state index is 0.0278. The second kappa shape index (κ2) is 16.9. The number of rotatable bonds is 11. The number of aromatic carboxylic acids is 2. The van der Waals surface area contributed by atoms with E-state index in [1.165, 1.54) is 24.6 Å². The topological polar surface area (TPSA) is 179 Å². The zero-order chi connectivity index (χ0) is 25.4. The summed E-state index contributed by atoms with van der Waals surface area (Å²) in [6.07, 6.45) is 5.82. The van der Waals surface area contributed by atoms with Crippen molar-refractivity contribution in [3.8, 4) is 0 Å². The van der Waals surface area contributed by atoms with Gasteiger partial charge >= 0.3 is 11.9 Å². The van der Waals surface area contributed by atoms with Gasteiger partial charge in [-0.15, -0.1) is 0 Å². The van der Waals surface area contributed by atoms with E-state index in [2.05, 4.69) is 32.4 Å². The van der Waals surface area contributed by atoms with Crippen molar-refractivity contribution in [2.24, 2.45) is 0 Å². The van der Waals surface area contributed by atoms with Crippen LogP contribution in [0.2, 0.25) is 0 Å². The first-order valence-electron chi connectivity index (χ1n) is 10.1. The molecule has 0 unspecified atom stereocenters. The Morgan fingerprint density at radius 1 is 0.812 bits per heavy atom. The Labute approximate surface area is 190 Å². The Hall–Kier alpha value is -1.62. The number of aliphatic hydroxyl groups excluding tert-OH is 2. The Kier molecular flexibility index (Phi) is 17.2. The molecule has 0 amide bonds. The first kappa shape index (κ1) is 32.6. The second-order valence-electron chi connectivity index (χ2n) is 6.50. The molecule has 0 saturated carbocycles. The van der Waals surface area contributed by atoms with Crippen molar-refractivity contribution >= 4 is 29.3 Å². The predicted octanol–water partition coefficient (Wildman–Crippen LogP) is 2.40. The molecule has 0 aromatic heterocycles. The number of aliphatic hydroxyl groups is 2. The van der Waals surface area contributed by atoms with Gasteiger partial charge in [0, 0.05) is 7.26 Å². The molecule has 0 aliphatic rings. The highest BCUT2D eigenvalue weighted by Gasteiger charge is 2.27. The molecule has 0 bridgehead atoms. The summed E-state index contributed by atoms with van der Waals surface area (Å²) >= 11 is 0. The first-order chi connectivity index (χ1) is 14.9. The van der Waals surface area contributed by atoms with Crippen molar-refractivity contribution < 1.29 is 47.7 Å². The molecule has 186 valence electrons. The molecule has 0 saturated heterocycles. The molecule has 32 heavy (non-hydrogen) atoms. The molecule has 0 aliphatic carbocycles. The minimum atomic E-state index is -4.64. The normalized spacial score (nSPS) is 11.0. The van der Waals surface area contributed by atoms with Crippen molar-refractivity contribution in [1.82, 2.24) is 0 Å². The van der Waals surface area contributed by atoms with Crippen LogP contribution in [0.1, 0.15) is 48.4 Å². The maximum absolute atomic E-state index is 10.8. The largest absolute Gasteiger partial charge is 0.478 e. The molecule has 10 nitrogen and oxygen atoms in total. The highest BCUT2D eigenvalue weighted by Crippen LogP contribution is 2.57. The molecule has 0 aliphatic heterocycles. The van der Waals surface area contributed by atoms with Crippen LogP contribution in [0.3, 0.4) is 0 Å². The third kappa shape index (κ3) is 13.0. The van der Waals surface area contributed by atoms with Crippen LogP contribution < -0.4 is 0 Å². The van der Waals surface area contributed by atoms with Crippen molar-refractivity contribution in [1.29, 1.82) is 0 Å². The maximum Gasteiger partial charge on any atom is 0.335 e. The summed E-state index contributed by atoms with van der Waals surface area (Å²) in [6.45, 7) is 10.1. The average molecular weight is 500 g/mol. The summed E-state index contributed by atoms with van der Waals surface area (Å²) in [6, 6.07) is 2.13. The molecular weight excluding hydrogens is 463 g/mol. The fraction of sp³-hybridized carbons (Fsp3) is 0.600. The molecule has 1 rings (SSSR count). The maximum atomic E-state index is 10.8. The number of carboxylic acids is 2. The summed E-state index contributed by atoms with van der Waals surface area (Å²) in [5.74, 6) is -2.99. The molecule has 12 heteroatoms. The van der Waals surface area contributed by atoms with Gasteiger partial charge in [0.15, 0.2) is 0 Å². The molecule has 0 radical (unpaired) electrons. The van der Waals surface area contributed by atoms with Crippen molar-refractivity contribution in [2.75, 3.05) is 51.1 Å². The van der Waals surface area contributed by atoms with E-state index in [4.69, 9.17) is 25.0 Å². The summed E-state index contributed by atoms with van der Waals surface area (Å²) in [5.41, 5.74) is -1.07. The van der Waals surface area contributed by atoms with Crippen LogP contribution in [0.15, 0.2) is 23.1 Å². The Morgan fingerprint density at radius 2 is 1.16 bits per heavy atom. The summed E-state index contributed by atoms with van der Waals surface area (Å²) in [4.78, 5) is 20.4. The van der Waals surface area contributed by atoms with Crippen molar-refractivity contribution in [3.05, 3.63) is 29.3 Å². The van der Waals surface area contributed by atoms with E-state index in [1.54, 1.807) is 0 Å². The number of carbonyl (C=O) groups is 2. The molecule has 0 heterocycles. The van der Waals surface area contributed by atoms with Gasteiger partial charge in [0.25, 0.3) is 10.1 Å². The quantitative estimate of drug-likeness (QED) is 0.172. The van der Waals surface area contributed by atoms with Crippen LogP contribution in [-0.2, 0) is 14.9 Å². The molecule has 1 aromatic rings. The molecule has 5 N–H and O–H groups in total. The number of hydrogen-bond acceptors (Lipinski definition) is 7. The van der Waals surface area contributed by atoms with Crippen LogP contribution in [0, 0.1) is 0 Å². The van der Waals surface area contributed by atoms with Gasteiger partial charge in [0.2, 0.25) is 0 Å². The Balaban J connectivity index is 0. The van der Waals surface area contributed by atoms with E-state index in [-0.39, 0.29) is 13.2 Å². The number of benzene rings is 1. The third-order valence-electron chi connectivity index (χ3n) is 4.85. The highest BCUT2D eigenvalue weighted by molar-refractivity contribution is 7.85. The predicted molar refractivity (Wildman–Crippen MR) is 124 cm³/mol. The number of hydrogen-bond donors (Lipinski definition) is 5. The van der Waals surface area contributed by atoms with Crippen molar-refractivity contribution in [2.45, 2.75) is 32.6 Å². The zero-order valence-electron chi connectivity index (χ0n) is 19.0. The van der Waals surface area contributed by atoms with E-state index in [0.717, 1.165) is 6.07 Å². The second-order valence-corrected chi connectivity index (χ2v) is 13.1. The fourth-order valence-electron chi connectivity index (χ4n) is 2.57. The molecule has 0 atom stereocenters. The van der Waals surface area contributed by atoms with Gasteiger partial charge in [0.05, 0.1) is 67.1 Å². The standard InChI is InChI=1S/C8H6O7S.C8H20P.C4H10O3/c9-7(10)4-1-5(8(11)12)3-6(2-4)16(13,14)15;1-5-9(6-2,7-3)8-4;5-1-3-7-4-2-6/h1-3H,(H,9,10)(H,11,12)(H,13,14,15);5-8H2,1-4H3;5-6H,1-4H2/q;+1;. The zero-order valence-corrected chi connectivity index (χ0v) is 20.7. The van der Waals surface area contributed by atoms with Crippen LogP contribution >= 0.6 is 7.26 Å². The Morgan fingerprint density at radius 3 is 1.34 bits per heavy atom. The van der Waals surface area contributed by atoms with E-state index >= 15 is 0 Å². The fourth-order valence-corrected chi connectivity index (χ4v) is 5.80. The first-order valence-corrected chi connectivity index (χ1v) is 14.1. The van der Waals surface area contributed by atoms with Crippen LogP contribution in [0.5, 0.6) is 0 Å². The SMILES string of the molecule is CC[P+](CC)(CC)CC.O=C(O)c1cc(C(=O)O)cc(S(=O)(=O)O)c1.OCCOCCO. The number of ether oxygens (including phenoxy) is 1. The Bertz CT molecular complexity index is 738. The van der Waals surface area contributed by atoms with Gasteiger partial charge in [-0.1, -0.05) is 0 Å². The van der Waals surface area contributed by atoms with Gasteiger partial charge in [-0.3, -0.25) is 4.55 Å².